The topological polar surface area (TPSA) is 55.1 Å². The van der Waals surface area contributed by atoms with Crippen LogP contribution in [-0.4, -0.2) is 18.5 Å². The Balaban J connectivity index is 2.72. The number of hydrogen-bond donors (Lipinski definition) is 2. The summed E-state index contributed by atoms with van der Waals surface area (Å²) in [5, 5.41) is 3.49. The summed E-state index contributed by atoms with van der Waals surface area (Å²) in [6.07, 6.45) is 1.88. The molecule has 1 amide bonds. The molecule has 0 aliphatic rings. The molecule has 3 N–H and O–H groups in total. The SMILES string of the molecule is CCCC(CN)NC(=O)c1ccc(Cl)c(Br)c1. The highest BCUT2D eigenvalue weighted by Gasteiger charge is 2.12. The summed E-state index contributed by atoms with van der Waals surface area (Å²) in [6, 6.07) is 5.12. The molecule has 1 atom stereocenters. The van der Waals surface area contributed by atoms with Gasteiger partial charge in [-0.3, -0.25) is 4.79 Å². The second-order valence-corrected chi connectivity index (χ2v) is 5.09. The minimum Gasteiger partial charge on any atom is -0.348 e. The molecule has 0 heterocycles. The summed E-state index contributed by atoms with van der Waals surface area (Å²) in [7, 11) is 0. The van der Waals surface area contributed by atoms with Crippen LogP contribution in [0.1, 0.15) is 30.1 Å². The van der Waals surface area contributed by atoms with Gasteiger partial charge in [-0.2, -0.15) is 0 Å². The van der Waals surface area contributed by atoms with Gasteiger partial charge in [0.05, 0.1) is 5.02 Å². The molecule has 0 aromatic heterocycles. The van der Waals surface area contributed by atoms with Gasteiger partial charge in [0.2, 0.25) is 0 Å². The van der Waals surface area contributed by atoms with E-state index in [1.807, 2.05) is 0 Å². The normalized spacial score (nSPS) is 12.2. The molecule has 0 saturated heterocycles. The summed E-state index contributed by atoms with van der Waals surface area (Å²) >= 11 is 9.16. The van der Waals surface area contributed by atoms with E-state index >= 15 is 0 Å². The average Bonchev–Trinajstić information content (AvgIpc) is 2.31. The van der Waals surface area contributed by atoms with E-state index in [2.05, 4.69) is 28.2 Å². The molecule has 5 heteroatoms. The Bertz CT molecular complexity index is 398. The first-order chi connectivity index (χ1) is 8.08. The van der Waals surface area contributed by atoms with Gasteiger partial charge in [-0.05, 0) is 40.5 Å². The molecule has 1 aromatic rings. The molecule has 0 aliphatic carbocycles. The van der Waals surface area contributed by atoms with Crippen LogP contribution >= 0.6 is 27.5 Å². The maximum Gasteiger partial charge on any atom is 0.251 e. The Morgan fingerprint density at radius 3 is 2.82 bits per heavy atom. The monoisotopic (exact) mass is 318 g/mol. The molecule has 1 rings (SSSR count). The van der Waals surface area contributed by atoms with Gasteiger partial charge >= 0.3 is 0 Å². The van der Waals surface area contributed by atoms with Crippen LogP contribution in [0, 0.1) is 0 Å². The molecule has 17 heavy (non-hydrogen) atoms. The predicted molar refractivity (Wildman–Crippen MR) is 74.4 cm³/mol. The third-order valence-corrected chi connectivity index (χ3v) is 3.65. The zero-order valence-electron chi connectivity index (χ0n) is 9.67. The van der Waals surface area contributed by atoms with E-state index in [4.69, 9.17) is 17.3 Å². The van der Waals surface area contributed by atoms with Crippen molar-refractivity contribution in [2.45, 2.75) is 25.8 Å². The maximum absolute atomic E-state index is 11.9. The molecule has 94 valence electrons. The van der Waals surface area contributed by atoms with E-state index in [1.165, 1.54) is 0 Å². The van der Waals surface area contributed by atoms with Gasteiger partial charge in [-0.25, -0.2) is 0 Å². The summed E-state index contributed by atoms with van der Waals surface area (Å²) in [5.74, 6) is -0.119. The maximum atomic E-state index is 11.9. The summed E-state index contributed by atoms with van der Waals surface area (Å²) in [6.45, 7) is 2.52. The number of amides is 1. The van der Waals surface area contributed by atoms with Crippen LogP contribution in [0.3, 0.4) is 0 Å². The Kier molecular flexibility index (Phi) is 5.95. The van der Waals surface area contributed by atoms with Gasteiger partial charge in [-0.15, -0.1) is 0 Å². The van der Waals surface area contributed by atoms with Gasteiger partial charge < -0.3 is 11.1 Å². The number of hydrogen-bond acceptors (Lipinski definition) is 2. The van der Waals surface area contributed by atoms with E-state index in [-0.39, 0.29) is 11.9 Å². The number of rotatable bonds is 5. The van der Waals surface area contributed by atoms with Crippen molar-refractivity contribution in [3.63, 3.8) is 0 Å². The molecule has 0 aliphatic heterocycles. The fourth-order valence-electron chi connectivity index (χ4n) is 1.50. The van der Waals surface area contributed by atoms with Crippen LogP contribution in [0.2, 0.25) is 5.02 Å². The van der Waals surface area contributed by atoms with E-state index in [9.17, 15) is 4.79 Å². The molecule has 1 unspecified atom stereocenters. The number of nitrogens with one attached hydrogen (secondary N) is 1. The lowest BCUT2D eigenvalue weighted by Gasteiger charge is -2.16. The molecule has 0 bridgehead atoms. The van der Waals surface area contributed by atoms with Crippen molar-refractivity contribution in [3.05, 3.63) is 33.3 Å². The van der Waals surface area contributed by atoms with Crippen molar-refractivity contribution >= 4 is 33.4 Å². The van der Waals surface area contributed by atoms with Crippen molar-refractivity contribution < 1.29 is 4.79 Å². The molecule has 0 saturated carbocycles. The second kappa shape index (κ2) is 6.99. The highest BCUT2D eigenvalue weighted by molar-refractivity contribution is 9.10. The first-order valence-corrected chi connectivity index (χ1v) is 6.71. The number of nitrogens with two attached hydrogens (primary N) is 1. The largest absolute Gasteiger partial charge is 0.348 e. The predicted octanol–water partition coefficient (Wildman–Crippen LogP) is 2.96. The molecule has 0 radical (unpaired) electrons. The zero-order valence-corrected chi connectivity index (χ0v) is 12.0. The van der Waals surface area contributed by atoms with Crippen LogP contribution in [-0.2, 0) is 0 Å². The highest BCUT2D eigenvalue weighted by atomic mass is 79.9. The molecule has 3 nitrogen and oxygen atoms in total. The van der Waals surface area contributed by atoms with Crippen molar-refractivity contribution in [2.75, 3.05) is 6.54 Å². The van der Waals surface area contributed by atoms with Crippen LogP contribution in [0.5, 0.6) is 0 Å². The first kappa shape index (κ1) is 14.5. The Labute approximate surface area is 115 Å². The Morgan fingerprint density at radius 1 is 1.59 bits per heavy atom. The van der Waals surface area contributed by atoms with Gasteiger partial charge in [0.1, 0.15) is 0 Å². The Morgan fingerprint density at radius 2 is 2.29 bits per heavy atom. The van der Waals surface area contributed by atoms with Crippen LogP contribution < -0.4 is 11.1 Å². The van der Waals surface area contributed by atoms with Crippen LogP contribution in [0.4, 0.5) is 0 Å². The number of benzene rings is 1. The third-order valence-electron chi connectivity index (χ3n) is 2.44. The smallest absolute Gasteiger partial charge is 0.251 e. The van der Waals surface area contributed by atoms with E-state index in [0.29, 0.717) is 21.6 Å². The summed E-state index contributed by atoms with van der Waals surface area (Å²) < 4.78 is 0.714. The van der Waals surface area contributed by atoms with Crippen molar-refractivity contribution in [1.82, 2.24) is 5.32 Å². The lowest BCUT2D eigenvalue weighted by Crippen LogP contribution is -2.40. The molecule has 1 aromatic carbocycles. The first-order valence-electron chi connectivity index (χ1n) is 5.54. The van der Waals surface area contributed by atoms with E-state index in [0.717, 1.165) is 12.8 Å². The van der Waals surface area contributed by atoms with Crippen LogP contribution in [0.15, 0.2) is 22.7 Å². The van der Waals surface area contributed by atoms with Crippen molar-refractivity contribution in [2.24, 2.45) is 5.73 Å². The summed E-state index contributed by atoms with van der Waals surface area (Å²) in [4.78, 5) is 11.9. The molecule has 0 fully saturated rings. The average molecular weight is 320 g/mol. The minimum atomic E-state index is -0.119. The second-order valence-electron chi connectivity index (χ2n) is 3.82. The number of carbonyl (C=O) groups is 1. The standard InChI is InChI=1S/C12H16BrClN2O/c1-2-3-9(7-15)16-12(17)8-4-5-11(14)10(13)6-8/h4-6,9H,2-3,7,15H2,1H3,(H,16,17). The third kappa shape index (κ3) is 4.30. The number of halogens is 2. The lowest BCUT2D eigenvalue weighted by molar-refractivity contribution is 0.0936. The van der Waals surface area contributed by atoms with Gasteiger partial charge in [0, 0.05) is 22.6 Å². The molecular weight excluding hydrogens is 304 g/mol. The van der Waals surface area contributed by atoms with Gasteiger partial charge in [-0.1, -0.05) is 24.9 Å². The lowest BCUT2D eigenvalue weighted by atomic mass is 10.1. The quantitative estimate of drug-likeness (QED) is 0.876. The van der Waals surface area contributed by atoms with Crippen LogP contribution in [0.25, 0.3) is 0 Å². The Hall–Kier alpha value is -0.580. The van der Waals surface area contributed by atoms with Gasteiger partial charge in [0.25, 0.3) is 5.91 Å². The van der Waals surface area contributed by atoms with Gasteiger partial charge in [0.15, 0.2) is 0 Å². The fraction of sp³-hybridized carbons (Fsp3) is 0.417. The van der Waals surface area contributed by atoms with E-state index < -0.39 is 0 Å². The molecular formula is C12H16BrClN2O. The number of carbonyl (C=O) groups excluding carboxylic acids is 1. The van der Waals surface area contributed by atoms with Crippen molar-refractivity contribution in [1.29, 1.82) is 0 Å². The minimum absolute atomic E-state index is 0.0296. The highest BCUT2D eigenvalue weighted by Crippen LogP contribution is 2.23. The fourth-order valence-corrected chi connectivity index (χ4v) is 2.00. The zero-order chi connectivity index (χ0) is 12.8. The molecule has 0 spiro atoms. The van der Waals surface area contributed by atoms with E-state index in [1.54, 1.807) is 18.2 Å². The summed E-state index contributed by atoms with van der Waals surface area (Å²) in [5.41, 5.74) is 6.17. The van der Waals surface area contributed by atoms with Crippen molar-refractivity contribution in [3.8, 4) is 0 Å².